The molecule has 2 aliphatic rings. The van der Waals surface area contributed by atoms with Gasteiger partial charge in [0.15, 0.2) is 0 Å². The number of alkyl halides is 1. The van der Waals surface area contributed by atoms with Crippen LogP contribution >= 0.6 is 0 Å². The maximum Gasteiger partial charge on any atom is 0.238 e. The van der Waals surface area contributed by atoms with E-state index >= 15 is 0 Å². The van der Waals surface area contributed by atoms with E-state index in [0.717, 1.165) is 5.56 Å². The van der Waals surface area contributed by atoms with E-state index in [2.05, 4.69) is 15.3 Å². The fraction of sp³-hybridized carbons (Fsp3) is 0.647. The number of likely N-dealkylation sites (tertiary alicyclic amines) is 1. The molecule has 25 heavy (non-hydrogen) atoms. The third-order valence-corrected chi connectivity index (χ3v) is 5.13. The summed E-state index contributed by atoms with van der Waals surface area (Å²) >= 11 is 0. The van der Waals surface area contributed by atoms with Crippen molar-refractivity contribution in [2.75, 3.05) is 27.2 Å². The highest BCUT2D eigenvalue weighted by Crippen LogP contribution is 2.47. The maximum atomic E-state index is 14.0. The highest BCUT2D eigenvalue weighted by molar-refractivity contribution is 6.07. The molecule has 1 aliphatic carbocycles. The minimum Gasteiger partial charge on any atom is -0.358 e. The number of likely N-dealkylation sites (N-methyl/N-ethyl adjacent to an activating group) is 1. The van der Waals surface area contributed by atoms with Crippen LogP contribution in [0.25, 0.3) is 0 Å². The summed E-state index contributed by atoms with van der Waals surface area (Å²) in [7, 11) is 3.24. The third-order valence-electron chi connectivity index (χ3n) is 5.13. The minimum atomic E-state index is -0.910. The molecule has 2 amide bonds. The molecule has 0 unspecified atom stereocenters. The highest BCUT2D eigenvalue weighted by Gasteiger charge is 2.57. The molecule has 1 saturated carbocycles. The molecule has 2 fully saturated rings. The van der Waals surface area contributed by atoms with Gasteiger partial charge in [-0.05, 0) is 19.3 Å². The van der Waals surface area contributed by atoms with E-state index in [4.69, 9.17) is 0 Å². The number of amides is 2. The monoisotopic (exact) mass is 349 g/mol. The SMILES string of the molecule is CNC(=O)C1(C(=O)N(C)C[C@@H]2C[C@H](F)CN2Cc2cncnc2)CC1. The average molecular weight is 349 g/mol. The maximum absolute atomic E-state index is 14.0. The van der Waals surface area contributed by atoms with Crippen molar-refractivity contribution >= 4 is 11.8 Å². The van der Waals surface area contributed by atoms with Crippen molar-refractivity contribution < 1.29 is 14.0 Å². The summed E-state index contributed by atoms with van der Waals surface area (Å²) in [5, 5.41) is 2.57. The van der Waals surface area contributed by atoms with E-state index in [-0.39, 0.29) is 17.9 Å². The van der Waals surface area contributed by atoms with Crippen molar-refractivity contribution in [2.45, 2.75) is 38.0 Å². The summed E-state index contributed by atoms with van der Waals surface area (Å²) in [4.78, 5) is 36.3. The zero-order valence-electron chi connectivity index (χ0n) is 14.6. The second-order valence-corrected chi connectivity index (χ2v) is 7.01. The Morgan fingerprint density at radius 2 is 2.08 bits per heavy atom. The van der Waals surface area contributed by atoms with Gasteiger partial charge >= 0.3 is 0 Å². The van der Waals surface area contributed by atoms with E-state index in [1.165, 1.54) is 6.33 Å². The zero-order chi connectivity index (χ0) is 18.0. The van der Waals surface area contributed by atoms with Gasteiger partial charge in [-0.1, -0.05) is 0 Å². The molecule has 1 saturated heterocycles. The molecule has 0 bridgehead atoms. The smallest absolute Gasteiger partial charge is 0.238 e. The number of nitrogens with one attached hydrogen (secondary N) is 1. The Hall–Kier alpha value is -2.09. The van der Waals surface area contributed by atoms with Crippen LogP contribution in [0, 0.1) is 5.41 Å². The predicted molar refractivity (Wildman–Crippen MR) is 89.1 cm³/mol. The Morgan fingerprint density at radius 3 is 2.68 bits per heavy atom. The van der Waals surface area contributed by atoms with Crippen LogP contribution in [0.5, 0.6) is 0 Å². The van der Waals surface area contributed by atoms with Crippen molar-refractivity contribution in [3.8, 4) is 0 Å². The Morgan fingerprint density at radius 1 is 1.40 bits per heavy atom. The average Bonchev–Trinajstić information content (AvgIpc) is 3.35. The van der Waals surface area contributed by atoms with E-state index in [1.54, 1.807) is 31.4 Å². The lowest BCUT2D eigenvalue weighted by molar-refractivity contribution is -0.143. The third kappa shape index (κ3) is 3.63. The van der Waals surface area contributed by atoms with Crippen molar-refractivity contribution in [3.63, 3.8) is 0 Å². The van der Waals surface area contributed by atoms with Crippen LogP contribution in [0.2, 0.25) is 0 Å². The van der Waals surface area contributed by atoms with Gasteiger partial charge < -0.3 is 10.2 Å². The fourth-order valence-electron chi connectivity index (χ4n) is 3.62. The summed E-state index contributed by atoms with van der Waals surface area (Å²) in [5.41, 5.74) is 0.00888. The van der Waals surface area contributed by atoms with Gasteiger partial charge in [-0.15, -0.1) is 0 Å². The molecule has 3 rings (SSSR count). The van der Waals surface area contributed by atoms with Gasteiger partial charge in [0.25, 0.3) is 0 Å². The molecule has 1 N–H and O–H groups in total. The first kappa shape index (κ1) is 17.7. The lowest BCUT2D eigenvalue weighted by Gasteiger charge is -2.30. The molecule has 2 atom stereocenters. The molecule has 0 aromatic carbocycles. The van der Waals surface area contributed by atoms with Crippen LogP contribution in [0.15, 0.2) is 18.7 Å². The number of aromatic nitrogens is 2. The summed E-state index contributed by atoms with van der Waals surface area (Å²) in [6.45, 7) is 1.29. The van der Waals surface area contributed by atoms with E-state index in [9.17, 15) is 14.0 Å². The van der Waals surface area contributed by atoms with Gasteiger partial charge in [-0.25, -0.2) is 14.4 Å². The molecule has 7 nitrogen and oxygen atoms in total. The number of carbonyl (C=O) groups excluding carboxylic acids is 2. The number of nitrogens with zero attached hydrogens (tertiary/aromatic N) is 4. The first-order chi connectivity index (χ1) is 12.0. The number of carbonyl (C=O) groups is 2. The minimum absolute atomic E-state index is 0.0790. The quantitative estimate of drug-likeness (QED) is 0.751. The lowest BCUT2D eigenvalue weighted by Crippen LogP contribution is -2.47. The molecule has 0 radical (unpaired) electrons. The molecule has 1 aromatic rings. The second-order valence-electron chi connectivity index (χ2n) is 7.01. The van der Waals surface area contributed by atoms with Gasteiger partial charge in [0.1, 0.15) is 17.9 Å². The zero-order valence-corrected chi connectivity index (χ0v) is 14.6. The van der Waals surface area contributed by atoms with E-state index in [1.807, 2.05) is 4.90 Å². The van der Waals surface area contributed by atoms with Crippen molar-refractivity contribution in [1.29, 1.82) is 0 Å². The van der Waals surface area contributed by atoms with Crippen LogP contribution < -0.4 is 5.32 Å². The standard InChI is InChI=1S/C17H24FN5O2/c1-19-15(24)17(3-4-17)16(25)22(2)10-14-5-13(18)9-23(14)8-12-6-20-11-21-7-12/h6-7,11,13-14H,3-5,8-10H2,1-2H3,(H,19,24)/t13-,14-/m0/s1. The van der Waals surface area contributed by atoms with Gasteiger partial charge in [0.2, 0.25) is 11.8 Å². The molecule has 1 aromatic heterocycles. The molecular weight excluding hydrogens is 325 g/mol. The number of halogens is 1. The summed E-state index contributed by atoms with van der Waals surface area (Å²) in [5.74, 6) is -0.394. The van der Waals surface area contributed by atoms with Crippen molar-refractivity contribution in [3.05, 3.63) is 24.3 Å². The lowest BCUT2D eigenvalue weighted by atomic mass is 10.0. The summed E-state index contributed by atoms with van der Waals surface area (Å²) < 4.78 is 14.0. The number of hydrogen-bond acceptors (Lipinski definition) is 5. The van der Waals surface area contributed by atoms with E-state index in [0.29, 0.717) is 38.9 Å². The Balaban J connectivity index is 1.64. The summed E-state index contributed by atoms with van der Waals surface area (Å²) in [6.07, 6.45) is 5.53. The van der Waals surface area contributed by atoms with Gasteiger partial charge in [-0.2, -0.15) is 0 Å². The number of hydrogen-bond donors (Lipinski definition) is 1. The molecule has 0 spiro atoms. The Kier molecular flexibility index (Phi) is 4.99. The molecular formula is C17H24FN5O2. The van der Waals surface area contributed by atoms with Gasteiger partial charge in [0, 0.05) is 57.7 Å². The van der Waals surface area contributed by atoms with Crippen LogP contribution in [-0.4, -0.2) is 71.0 Å². The van der Waals surface area contributed by atoms with Crippen LogP contribution in [0.3, 0.4) is 0 Å². The van der Waals surface area contributed by atoms with Crippen molar-refractivity contribution in [1.82, 2.24) is 25.1 Å². The Bertz CT molecular complexity index is 637. The van der Waals surface area contributed by atoms with Gasteiger partial charge in [0.05, 0.1) is 0 Å². The predicted octanol–water partition coefficient (Wildman–Crippen LogP) is 0.374. The van der Waals surface area contributed by atoms with Crippen LogP contribution in [0.4, 0.5) is 4.39 Å². The molecule has 8 heteroatoms. The molecule has 2 heterocycles. The first-order valence-electron chi connectivity index (χ1n) is 8.56. The fourth-order valence-corrected chi connectivity index (χ4v) is 3.62. The summed E-state index contributed by atoms with van der Waals surface area (Å²) in [6, 6.07) is -0.0790. The molecule has 136 valence electrons. The molecule has 1 aliphatic heterocycles. The van der Waals surface area contributed by atoms with Crippen LogP contribution in [0.1, 0.15) is 24.8 Å². The topological polar surface area (TPSA) is 78.4 Å². The largest absolute Gasteiger partial charge is 0.358 e. The normalized spacial score (nSPS) is 24.8. The first-order valence-corrected chi connectivity index (χ1v) is 8.56. The van der Waals surface area contributed by atoms with Gasteiger partial charge in [-0.3, -0.25) is 14.5 Å². The second kappa shape index (κ2) is 7.03. The van der Waals surface area contributed by atoms with Crippen molar-refractivity contribution in [2.24, 2.45) is 5.41 Å². The van der Waals surface area contributed by atoms with Crippen LogP contribution in [-0.2, 0) is 16.1 Å². The number of rotatable bonds is 6. The van der Waals surface area contributed by atoms with E-state index < -0.39 is 11.6 Å². The highest BCUT2D eigenvalue weighted by atomic mass is 19.1. The Labute approximate surface area is 146 Å².